The van der Waals surface area contributed by atoms with Crippen LogP contribution < -0.4 is 18.9 Å². The Kier molecular flexibility index (Phi) is 7.02. The molecule has 0 fully saturated rings. The fourth-order valence-electron chi connectivity index (χ4n) is 2.27. The molecule has 0 aromatic heterocycles. The lowest BCUT2D eigenvalue weighted by atomic mass is 10.3. The Morgan fingerprint density at radius 1 is 0.893 bits per heavy atom. The number of hydrogen-bond donors (Lipinski definition) is 2. The molecule has 2 aromatic rings. The third kappa shape index (κ3) is 5.91. The number of ether oxygens (including phenoxy) is 2. The lowest BCUT2D eigenvalue weighted by Gasteiger charge is -2.14. The number of rotatable bonds is 9. The van der Waals surface area contributed by atoms with E-state index in [2.05, 4.69) is 9.44 Å². The summed E-state index contributed by atoms with van der Waals surface area (Å²) in [6.07, 6.45) is 0.988. The van der Waals surface area contributed by atoms with Gasteiger partial charge < -0.3 is 9.47 Å². The summed E-state index contributed by atoms with van der Waals surface area (Å²) >= 11 is 6.03. The van der Waals surface area contributed by atoms with Crippen LogP contribution in [0.2, 0.25) is 5.02 Å². The summed E-state index contributed by atoms with van der Waals surface area (Å²) in [5.74, 6) is 0.764. The Hall–Kier alpha value is -2.17. The van der Waals surface area contributed by atoms with Crippen molar-refractivity contribution in [3.8, 4) is 11.5 Å². The normalized spacial score (nSPS) is 11.7. The Morgan fingerprint density at radius 2 is 1.54 bits per heavy atom. The Morgan fingerprint density at radius 3 is 2.11 bits per heavy atom. The van der Waals surface area contributed by atoms with Crippen LogP contribution in [0.25, 0.3) is 0 Å². The average Bonchev–Trinajstić information content (AvgIpc) is 2.58. The van der Waals surface area contributed by atoms with Crippen molar-refractivity contribution in [1.29, 1.82) is 0 Å². The third-order valence-corrected chi connectivity index (χ3v) is 5.62. The molecule has 28 heavy (non-hydrogen) atoms. The second kappa shape index (κ2) is 8.89. The van der Waals surface area contributed by atoms with Gasteiger partial charge in [-0.2, -0.15) is 0 Å². The predicted octanol–water partition coefficient (Wildman–Crippen LogP) is 3.31. The summed E-state index contributed by atoms with van der Waals surface area (Å²) in [5.41, 5.74) is 0.322. The van der Waals surface area contributed by atoms with Gasteiger partial charge in [-0.1, -0.05) is 11.6 Å². The maximum Gasteiger partial charge on any atom is 0.262 e. The highest BCUT2D eigenvalue weighted by Crippen LogP contribution is 2.32. The maximum atomic E-state index is 12.7. The molecule has 0 aliphatic carbocycles. The van der Waals surface area contributed by atoms with E-state index in [4.69, 9.17) is 21.1 Å². The number of hydrogen-bond acceptors (Lipinski definition) is 6. The van der Waals surface area contributed by atoms with E-state index in [9.17, 15) is 16.8 Å². The fraction of sp³-hybridized carbons (Fsp3) is 0.294. The van der Waals surface area contributed by atoms with Crippen LogP contribution in [0.1, 0.15) is 13.8 Å². The summed E-state index contributed by atoms with van der Waals surface area (Å²) in [7, 11) is -7.44. The number of halogens is 1. The van der Waals surface area contributed by atoms with E-state index in [1.165, 1.54) is 36.4 Å². The Balaban J connectivity index is 2.30. The zero-order valence-electron chi connectivity index (χ0n) is 15.5. The van der Waals surface area contributed by atoms with Crippen LogP contribution in [0, 0.1) is 0 Å². The van der Waals surface area contributed by atoms with Crippen LogP contribution in [-0.2, 0) is 20.0 Å². The van der Waals surface area contributed by atoms with Crippen LogP contribution in [0.4, 0.5) is 11.4 Å². The van der Waals surface area contributed by atoms with Crippen molar-refractivity contribution < 1.29 is 26.3 Å². The zero-order chi connectivity index (χ0) is 20.9. The van der Waals surface area contributed by atoms with Gasteiger partial charge in [0.15, 0.2) is 11.5 Å². The van der Waals surface area contributed by atoms with Gasteiger partial charge in [-0.15, -0.1) is 0 Å². The molecule has 0 saturated heterocycles. The minimum atomic E-state index is -3.93. The Labute approximate surface area is 169 Å². The van der Waals surface area contributed by atoms with Gasteiger partial charge in [0.2, 0.25) is 10.0 Å². The van der Waals surface area contributed by atoms with Crippen LogP contribution in [0.15, 0.2) is 41.3 Å². The van der Waals surface area contributed by atoms with Crippen molar-refractivity contribution >= 4 is 43.0 Å². The first kappa shape index (κ1) is 22.1. The molecular weight excluding hydrogens is 428 g/mol. The molecule has 8 nitrogen and oxygen atoms in total. The molecule has 0 saturated carbocycles. The first-order valence-corrected chi connectivity index (χ1v) is 12.0. The van der Waals surface area contributed by atoms with E-state index < -0.39 is 20.0 Å². The monoisotopic (exact) mass is 448 g/mol. The summed E-state index contributed by atoms with van der Waals surface area (Å²) in [6, 6.07) is 8.37. The molecule has 11 heteroatoms. The number of nitrogens with one attached hydrogen (secondary N) is 2. The van der Waals surface area contributed by atoms with E-state index in [0.29, 0.717) is 24.7 Å². The molecule has 0 bridgehead atoms. The van der Waals surface area contributed by atoms with Gasteiger partial charge >= 0.3 is 0 Å². The second-order valence-electron chi connectivity index (χ2n) is 5.65. The summed E-state index contributed by atoms with van der Waals surface area (Å²) in [5, 5.41) is 0.0484. The summed E-state index contributed by atoms with van der Waals surface area (Å²) in [6.45, 7) is 4.36. The van der Waals surface area contributed by atoms with Crippen molar-refractivity contribution in [2.75, 3.05) is 28.9 Å². The highest BCUT2D eigenvalue weighted by molar-refractivity contribution is 7.92. The number of anilines is 2. The van der Waals surface area contributed by atoms with Gasteiger partial charge in [-0.05, 0) is 44.2 Å². The molecule has 0 aliphatic rings. The third-order valence-electron chi connectivity index (χ3n) is 3.34. The lowest BCUT2D eigenvalue weighted by molar-refractivity contribution is 0.287. The standard InChI is InChI=1S/C17H21ClN2O6S2/c1-4-25-16-9-7-13(11-17(16)26-5-2)28(23,24)19-12-6-8-15(14(18)10-12)20-27(3,21)22/h6-11,19-20H,4-5H2,1-3H3. The van der Waals surface area contributed by atoms with E-state index in [-0.39, 0.29) is 21.3 Å². The molecule has 0 radical (unpaired) electrons. The van der Waals surface area contributed by atoms with E-state index >= 15 is 0 Å². The first-order valence-electron chi connectivity index (χ1n) is 8.25. The molecule has 2 rings (SSSR count). The average molecular weight is 449 g/mol. The molecule has 2 aromatic carbocycles. The van der Waals surface area contributed by atoms with E-state index in [1.54, 1.807) is 6.92 Å². The van der Waals surface area contributed by atoms with Crippen molar-refractivity contribution in [1.82, 2.24) is 0 Å². The predicted molar refractivity (Wildman–Crippen MR) is 110 cm³/mol. The largest absolute Gasteiger partial charge is 0.490 e. The van der Waals surface area contributed by atoms with E-state index in [1.807, 2.05) is 6.92 Å². The SMILES string of the molecule is CCOc1ccc(S(=O)(=O)Nc2ccc(NS(C)(=O)=O)c(Cl)c2)cc1OCC. The van der Waals surface area contributed by atoms with Gasteiger partial charge in [0.05, 0.1) is 40.8 Å². The van der Waals surface area contributed by atoms with Crippen molar-refractivity contribution in [2.45, 2.75) is 18.7 Å². The quantitative estimate of drug-likeness (QED) is 0.608. The smallest absolute Gasteiger partial charge is 0.262 e. The fourth-order valence-corrected chi connectivity index (χ4v) is 4.20. The van der Waals surface area contributed by atoms with Crippen LogP contribution >= 0.6 is 11.6 Å². The van der Waals surface area contributed by atoms with Gasteiger partial charge in [0.1, 0.15) is 0 Å². The minimum absolute atomic E-state index is 0.0196. The highest BCUT2D eigenvalue weighted by atomic mass is 35.5. The van der Waals surface area contributed by atoms with Gasteiger partial charge in [0.25, 0.3) is 10.0 Å². The number of sulfonamides is 2. The van der Waals surface area contributed by atoms with Gasteiger partial charge in [-0.3, -0.25) is 9.44 Å². The van der Waals surface area contributed by atoms with Gasteiger partial charge in [-0.25, -0.2) is 16.8 Å². The topological polar surface area (TPSA) is 111 Å². The highest BCUT2D eigenvalue weighted by Gasteiger charge is 2.18. The van der Waals surface area contributed by atoms with Crippen molar-refractivity contribution in [3.05, 3.63) is 41.4 Å². The van der Waals surface area contributed by atoms with Crippen molar-refractivity contribution in [2.24, 2.45) is 0 Å². The Bertz CT molecular complexity index is 1060. The molecule has 0 atom stereocenters. The molecule has 0 amide bonds. The maximum absolute atomic E-state index is 12.7. The molecule has 0 heterocycles. The van der Waals surface area contributed by atoms with Crippen LogP contribution in [0.5, 0.6) is 11.5 Å². The molecule has 2 N–H and O–H groups in total. The van der Waals surface area contributed by atoms with Crippen molar-refractivity contribution in [3.63, 3.8) is 0 Å². The van der Waals surface area contributed by atoms with E-state index in [0.717, 1.165) is 6.26 Å². The molecule has 0 spiro atoms. The summed E-state index contributed by atoms with van der Waals surface area (Å²) in [4.78, 5) is -0.0196. The minimum Gasteiger partial charge on any atom is -0.490 e. The van der Waals surface area contributed by atoms with Crippen LogP contribution in [-0.4, -0.2) is 36.3 Å². The number of benzene rings is 2. The molecular formula is C17H21ClN2O6S2. The molecule has 0 aliphatic heterocycles. The van der Waals surface area contributed by atoms with Crippen LogP contribution in [0.3, 0.4) is 0 Å². The molecule has 0 unspecified atom stereocenters. The van der Waals surface area contributed by atoms with Gasteiger partial charge in [0, 0.05) is 6.07 Å². The second-order valence-corrected chi connectivity index (χ2v) is 9.49. The lowest BCUT2D eigenvalue weighted by Crippen LogP contribution is -2.14. The first-order chi connectivity index (χ1) is 13.1. The zero-order valence-corrected chi connectivity index (χ0v) is 17.9. The summed E-state index contributed by atoms with van der Waals surface area (Å²) < 4.78 is 63.5. The molecule has 154 valence electrons.